The number of pyridine rings is 1. The van der Waals surface area contributed by atoms with Crippen LogP contribution in [0.15, 0.2) is 36.5 Å². The highest BCUT2D eigenvalue weighted by molar-refractivity contribution is 6.03. The largest absolute Gasteiger partial charge is 0.417 e. The Labute approximate surface area is 117 Å². The molecule has 0 fully saturated rings. The van der Waals surface area contributed by atoms with E-state index in [9.17, 15) is 22.4 Å². The molecule has 1 heterocycles. The lowest BCUT2D eigenvalue weighted by Gasteiger charge is -2.10. The van der Waals surface area contributed by atoms with Crippen LogP contribution in [-0.4, -0.2) is 10.9 Å². The number of carbonyl (C=O) groups is 1. The standard InChI is InChI=1S/C14H10F4N2O/c1-8-6-9(14(16,17)18)7-19-12(8)13(21)20-11-4-2-10(15)3-5-11/h2-7H,1H3,(H,20,21). The number of alkyl halides is 3. The first-order valence-corrected chi connectivity index (χ1v) is 5.88. The van der Waals surface area contributed by atoms with Gasteiger partial charge in [-0.1, -0.05) is 0 Å². The van der Waals surface area contributed by atoms with Crippen LogP contribution in [0.4, 0.5) is 23.2 Å². The van der Waals surface area contributed by atoms with Crippen LogP contribution in [0, 0.1) is 12.7 Å². The number of anilines is 1. The van der Waals surface area contributed by atoms with Crippen molar-refractivity contribution in [2.45, 2.75) is 13.1 Å². The summed E-state index contributed by atoms with van der Waals surface area (Å²) in [7, 11) is 0. The average Bonchev–Trinajstić information content (AvgIpc) is 2.40. The summed E-state index contributed by atoms with van der Waals surface area (Å²) >= 11 is 0. The highest BCUT2D eigenvalue weighted by Gasteiger charge is 2.31. The molecule has 1 aromatic heterocycles. The molecular weight excluding hydrogens is 288 g/mol. The maximum absolute atomic E-state index is 12.7. The van der Waals surface area contributed by atoms with Crippen molar-refractivity contribution < 1.29 is 22.4 Å². The lowest BCUT2D eigenvalue weighted by atomic mass is 10.1. The number of aromatic nitrogens is 1. The molecule has 0 radical (unpaired) electrons. The molecule has 1 amide bonds. The van der Waals surface area contributed by atoms with Gasteiger partial charge in [0.1, 0.15) is 11.5 Å². The van der Waals surface area contributed by atoms with Gasteiger partial charge in [-0.15, -0.1) is 0 Å². The Bertz CT molecular complexity index is 666. The second-order valence-electron chi connectivity index (χ2n) is 4.35. The van der Waals surface area contributed by atoms with Crippen LogP contribution in [0.3, 0.4) is 0 Å². The van der Waals surface area contributed by atoms with Crippen molar-refractivity contribution >= 4 is 11.6 Å². The van der Waals surface area contributed by atoms with E-state index in [1.165, 1.54) is 19.1 Å². The second-order valence-corrected chi connectivity index (χ2v) is 4.35. The Morgan fingerprint density at radius 1 is 1.19 bits per heavy atom. The number of carbonyl (C=O) groups excluding carboxylic acids is 1. The van der Waals surface area contributed by atoms with Gasteiger partial charge in [-0.25, -0.2) is 4.39 Å². The first kappa shape index (κ1) is 15.0. The maximum atomic E-state index is 12.7. The predicted molar refractivity (Wildman–Crippen MR) is 68.3 cm³/mol. The Balaban J connectivity index is 2.22. The third-order valence-corrected chi connectivity index (χ3v) is 2.72. The van der Waals surface area contributed by atoms with Gasteiger partial charge in [0.25, 0.3) is 5.91 Å². The Kier molecular flexibility index (Phi) is 3.93. The lowest BCUT2D eigenvalue weighted by Crippen LogP contribution is -2.17. The zero-order valence-corrected chi connectivity index (χ0v) is 10.8. The van der Waals surface area contributed by atoms with Crippen LogP contribution in [0.25, 0.3) is 0 Å². The second kappa shape index (κ2) is 5.51. The van der Waals surface area contributed by atoms with E-state index in [1.54, 1.807) is 0 Å². The van der Waals surface area contributed by atoms with E-state index in [2.05, 4.69) is 10.3 Å². The van der Waals surface area contributed by atoms with E-state index < -0.39 is 23.5 Å². The topological polar surface area (TPSA) is 42.0 Å². The molecule has 1 N–H and O–H groups in total. The molecule has 0 aliphatic heterocycles. The minimum atomic E-state index is -4.51. The van der Waals surface area contributed by atoms with Crippen molar-refractivity contribution in [2.75, 3.05) is 5.32 Å². The fraction of sp³-hybridized carbons (Fsp3) is 0.143. The van der Waals surface area contributed by atoms with Crippen molar-refractivity contribution in [3.05, 3.63) is 59.2 Å². The van der Waals surface area contributed by atoms with Gasteiger partial charge in [0.2, 0.25) is 0 Å². The lowest BCUT2D eigenvalue weighted by molar-refractivity contribution is -0.137. The molecule has 0 saturated carbocycles. The van der Waals surface area contributed by atoms with Crippen LogP contribution in [0.5, 0.6) is 0 Å². The summed E-state index contributed by atoms with van der Waals surface area (Å²) in [5.74, 6) is -1.12. The van der Waals surface area contributed by atoms with Crippen LogP contribution in [0.2, 0.25) is 0 Å². The normalized spacial score (nSPS) is 11.3. The number of nitrogens with one attached hydrogen (secondary N) is 1. The fourth-order valence-corrected chi connectivity index (χ4v) is 1.69. The van der Waals surface area contributed by atoms with Crippen molar-refractivity contribution in [3.8, 4) is 0 Å². The van der Waals surface area contributed by atoms with Gasteiger partial charge in [0.05, 0.1) is 5.56 Å². The number of benzene rings is 1. The van der Waals surface area contributed by atoms with Gasteiger partial charge < -0.3 is 5.32 Å². The molecule has 2 aromatic rings. The number of hydrogen-bond donors (Lipinski definition) is 1. The maximum Gasteiger partial charge on any atom is 0.417 e. The summed E-state index contributed by atoms with van der Waals surface area (Å²) in [6.07, 6.45) is -3.91. The smallest absolute Gasteiger partial charge is 0.321 e. The number of halogens is 4. The van der Waals surface area contributed by atoms with Gasteiger partial charge in [-0.2, -0.15) is 13.2 Å². The molecule has 0 aliphatic rings. The molecule has 1 aromatic carbocycles. The molecule has 0 atom stereocenters. The molecule has 0 spiro atoms. The summed E-state index contributed by atoms with van der Waals surface area (Å²) in [6.45, 7) is 1.36. The number of rotatable bonds is 2. The van der Waals surface area contributed by atoms with Gasteiger partial charge in [0, 0.05) is 11.9 Å². The first-order chi connectivity index (χ1) is 9.77. The van der Waals surface area contributed by atoms with E-state index in [4.69, 9.17) is 0 Å². The molecule has 110 valence electrons. The minimum Gasteiger partial charge on any atom is -0.321 e. The van der Waals surface area contributed by atoms with Crippen molar-refractivity contribution in [1.82, 2.24) is 4.98 Å². The summed E-state index contributed by atoms with van der Waals surface area (Å²) in [4.78, 5) is 15.5. The highest BCUT2D eigenvalue weighted by atomic mass is 19.4. The molecule has 7 heteroatoms. The van der Waals surface area contributed by atoms with E-state index in [-0.39, 0.29) is 11.3 Å². The quantitative estimate of drug-likeness (QED) is 0.857. The summed E-state index contributed by atoms with van der Waals surface area (Å²) < 4.78 is 50.3. The molecular formula is C14H10F4N2O. The number of amides is 1. The highest BCUT2D eigenvalue weighted by Crippen LogP contribution is 2.29. The summed E-state index contributed by atoms with van der Waals surface area (Å²) in [6, 6.07) is 5.84. The van der Waals surface area contributed by atoms with Gasteiger partial charge in [0.15, 0.2) is 0 Å². The SMILES string of the molecule is Cc1cc(C(F)(F)F)cnc1C(=O)Nc1ccc(F)cc1. The molecule has 0 aliphatic carbocycles. The molecule has 0 saturated heterocycles. The third-order valence-electron chi connectivity index (χ3n) is 2.72. The van der Waals surface area contributed by atoms with Crippen LogP contribution in [-0.2, 0) is 6.18 Å². The summed E-state index contributed by atoms with van der Waals surface area (Å²) in [5.41, 5.74) is -0.613. The van der Waals surface area contributed by atoms with E-state index in [0.717, 1.165) is 18.2 Å². The number of aryl methyl sites for hydroxylation is 1. The molecule has 3 nitrogen and oxygen atoms in total. The molecule has 2 rings (SSSR count). The van der Waals surface area contributed by atoms with Gasteiger partial charge in [-0.3, -0.25) is 9.78 Å². The third kappa shape index (κ3) is 3.56. The first-order valence-electron chi connectivity index (χ1n) is 5.88. The van der Waals surface area contributed by atoms with E-state index >= 15 is 0 Å². The predicted octanol–water partition coefficient (Wildman–Crippen LogP) is 3.80. The van der Waals surface area contributed by atoms with E-state index in [0.29, 0.717) is 11.9 Å². The van der Waals surface area contributed by atoms with E-state index in [1.807, 2.05) is 0 Å². The average molecular weight is 298 g/mol. The van der Waals surface area contributed by atoms with Gasteiger partial charge in [-0.05, 0) is 42.8 Å². The Hall–Kier alpha value is -2.44. The van der Waals surface area contributed by atoms with Gasteiger partial charge >= 0.3 is 6.18 Å². The van der Waals surface area contributed by atoms with Crippen molar-refractivity contribution in [1.29, 1.82) is 0 Å². The Morgan fingerprint density at radius 2 is 1.81 bits per heavy atom. The summed E-state index contributed by atoms with van der Waals surface area (Å²) in [5, 5.41) is 2.44. The van der Waals surface area contributed by atoms with Crippen LogP contribution in [0.1, 0.15) is 21.6 Å². The number of hydrogen-bond acceptors (Lipinski definition) is 2. The van der Waals surface area contributed by atoms with Crippen molar-refractivity contribution in [2.24, 2.45) is 0 Å². The monoisotopic (exact) mass is 298 g/mol. The fourth-order valence-electron chi connectivity index (χ4n) is 1.69. The molecule has 0 bridgehead atoms. The van der Waals surface area contributed by atoms with Crippen LogP contribution < -0.4 is 5.32 Å². The zero-order valence-electron chi connectivity index (χ0n) is 10.8. The Morgan fingerprint density at radius 3 is 2.33 bits per heavy atom. The minimum absolute atomic E-state index is 0.101. The molecule has 21 heavy (non-hydrogen) atoms. The van der Waals surface area contributed by atoms with Crippen molar-refractivity contribution in [3.63, 3.8) is 0 Å². The molecule has 0 unspecified atom stereocenters. The number of nitrogens with zero attached hydrogens (tertiary/aromatic N) is 1. The van der Waals surface area contributed by atoms with Crippen LogP contribution >= 0.6 is 0 Å². The zero-order chi connectivity index (χ0) is 15.6.